The molecule has 1 amide bonds. The van der Waals surface area contributed by atoms with Crippen LogP contribution in [-0.2, 0) is 4.74 Å². The second-order valence-corrected chi connectivity index (χ2v) is 6.09. The van der Waals surface area contributed by atoms with E-state index in [2.05, 4.69) is 11.8 Å². The lowest BCUT2D eigenvalue weighted by Crippen LogP contribution is -2.50. The Kier molecular flexibility index (Phi) is 4.25. The summed E-state index contributed by atoms with van der Waals surface area (Å²) < 4.78 is 5.61. The van der Waals surface area contributed by atoms with Gasteiger partial charge < -0.3 is 15.4 Å². The van der Waals surface area contributed by atoms with Crippen molar-refractivity contribution in [1.82, 2.24) is 4.90 Å². The molecule has 0 spiro atoms. The minimum Gasteiger partial charge on any atom is -0.372 e. The fourth-order valence-electron chi connectivity index (χ4n) is 2.00. The summed E-state index contributed by atoms with van der Waals surface area (Å²) in [6.45, 7) is 6.18. The van der Waals surface area contributed by atoms with Crippen molar-refractivity contribution in [2.45, 2.75) is 19.4 Å². The first-order valence-corrected chi connectivity index (χ1v) is 7.05. The Morgan fingerprint density at radius 2 is 2.37 bits per heavy atom. The molecule has 0 aromatic carbocycles. The molecule has 1 saturated heterocycles. The van der Waals surface area contributed by atoms with Gasteiger partial charge in [0.2, 0.25) is 0 Å². The van der Waals surface area contributed by atoms with Crippen LogP contribution in [0.2, 0.25) is 0 Å². The van der Waals surface area contributed by atoms with Crippen molar-refractivity contribution in [3.63, 3.8) is 0 Å². The molecule has 0 atom stereocenters. The number of morpholine rings is 1. The quantitative estimate of drug-likeness (QED) is 0.788. The molecule has 2 rings (SSSR count). The zero-order chi connectivity index (χ0) is 13.9. The maximum absolute atomic E-state index is 12.4. The summed E-state index contributed by atoms with van der Waals surface area (Å²) in [7, 11) is 0. The Bertz CT molecular complexity index is 525. The second kappa shape index (κ2) is 5.74. The Morgan fingerprint density at radius 3 is 3.05 bits per heavy atom. The maximum Gasteiger partial charge on any atom is 0.264 e. The molecule has 102 valence electrons. The summed E-state index contributed by atoms with van der Waals surface area (Å²) >= 11 is 1.41. The Hall–Kier alpha value is -1.35. The summed E-state index contributed by atoms with van der Waals surface area (Å²) in [5.41, 5.74) is 5.06. The summed E-state index contributed by atoms with van der Waals surface area (Å²) in [5, 5.41) is 0. The maximum atomic E-state index is 12.4. The van der Waals surface area contributed by atoms with Crippen LogP contribution in [0.15, 0.2) is 12.1 Å². The molecule has 2 N–H and O–H groups in total. The van der Waals surface area contributed by atoms with Crippen molar-refractivity contribution < 1.29 is 9.53 Å². The van der Waals surface area contributed by atoms with Crippen LogP contribution in [0, 0.1) is 11.8 Å². The number of ether oxygens (including phenoxy) is 1. The normalized spacial score (nSPS) is 17.7. The van der Waals surface area contributed by atoms with E-state index in [-0.39, 0.29) is 11.5 Å². The van der Waals surface area contributed by atoms with Crippen molar-refractivity contribution in [2.24, 2.45) is 5.73 Å². The highest BCUT2D eigenvalue weighted by molar-refractivity contribution is 7.14. The fraction of sp³-hybridized carbons (Fsp3) is 0.500. The number of hydrogen-bond acceptors (Lipinski definition) is 4. The lowest BCUT2D eigenvalue weighted by molar-refractivity contribution is -0.0763. The molecule has 0 saturated carbocycles. The number of hydrogen-bond donors (Lipinski definition) is 1. The molecule has 0 aliphatic carbocycles. The first-order chi connectivity index (χ1) is 9.02. The van der Waals surface area contributed by atoms with Crippen molar-refractivity contribution in [1.29, 1.82) is 0 Å². The van der Waals surface area contributed by atoms with Gasteiger partial charge in [0, 0.05) is 13.1 Å². The molecule has 2 heterocycles. The van der Waals surface area contributed by atoms with E-state index in [0.29, 0.717) is 26.2 Å². The molecule has 19 heavy (non-hydrogen) atoms. The largest absolute Gasteiger partial charge is 0.372 e. The van der Waals surface area contributed by atoms with Crippen LogP contribution in [0.3, 0.4) is 0 Å². The van der Waals surface area contributed by atoms with Gasteiger partial charge in [-0.1, -0.05) is 11.8 Å². The van der Waals surface area contributed by atoms with E-state index >= 15 is 0 Å². The molecular weight excluding hydrogens is 260 g/mol. The predicted molar refractivity (Wildman–Crippen MR) is 76.2 cm³/mol. The van der Waals surface area contributed by atoms with Gasteiger partial charge in [-0.3, -0.25) is 4.79 Å². The van der Waals surface area contributed by atoms with Gasteiger partial charge in [-0.05, 0) is 26.0 Å². The summed E-state index contributed by atoms with van der Waals surface area (Å²) in [4.78, 5) is 15.8. The number of nitrogens with two attached hydrogens (primary N) is 1. The van der Waals surface area contributed by atoms with E-state index in [9.17, 15) is 4.79 Å². The topological polar surface area (TPSA) is 55.6 Å². The lowest BCUT2D eigenvalue weighted by Gasteiger charge is -2.37. The summed E-state index contributed by atoms with van der Waals surface area (Å²) in [6, 6.07) is 3.70. The Morgan fingerprint density at radius 1 is 1.58 bits per heavy atom. The zero-order valence-electron chi connectivity index (χ0n) is 11.2. The molecule has 5 heteroatoms. The highest BCUT2D eigenvalue weighted by atomic mass is 32.1. The summed E-state index contributed by atoms with van der Waals surface area (Å²) in [5.74, 6) is 5.80. The molecule has 1 aliphatic rings. The Labute approximate surface area is 117 Å². The minimum absolute atomic E-state index is 0.0576. The molecule has 1 fully saturated rings. The van der Waals surface area contributed by atoms with Crippen molar-refractivity contribution in [3.05, 3.63) is 21.9 Å². The van der Waals surface area contributed by atoms with Gasteiger partial charge in [-0.2, -0.15) is 0 Å². The smallest absolute Gasteiger partial charge is 0.264 e. The van der Waals surface area contributed by atoms with Crippen molar-refractivity contribution in [3.8, 4) is 11.8 Å². The third-order valence-corrected chi connectivity index (χ3v) is 3.83. The molecule has 1 aromatic heterocycles. The predicted octanol–water partition coefficient (Wildman–Crippen LogP) is 1.31. The van der Waals surface area contributed by atoms with E-state index < -0.39 is 0 Å². The molecule has 0 unspecified atom stereocenters. The Balaban J connectivity index is 2.09. The van der Waals surface area contributed by atoms with Crippen molar-refractivity contribution >= 4 is 17.2 Å². The van der Waals surface area contributed by atoms with E-state index in [1.807, 2.05) is 30.9 Å². The van der Waals surface area contributed by atoms with Gasteiger partial charge in [0.15, 0.2) is 0 Å². The number of carbonyl (C=O) groups excluding carboxylic acids is 1. The number of amides is 1. The van der Waals surface area contributed by atoms with Gasteiger partial charge in [-0.25, -0.2) is 0 Å². The van der Waals surface area contributed by atoms with Gasteiger partial charge in [0.25, 0.3) is 5.91 Å². The molecule has 0 bridgehead atoms. The standard InChI is InChI=1S/C14H18N2O2S/c1-14(2)10-16(8-9-18-14)13(17)12-6-5-11(19-12)4-3-7-15/h5-6H,7-10,15H2,1-2H3. The third-order valence-electron chi connectivity index (χ3n) is 2.84. The lowest BCUT2D eigenvalue weighted by atomic mass is 10.1. The monoisotopic (exact) mass is 278 g/mol. The van der Waals surface area contributed by atoms with Crippen LogP contribution in [-0.4, -0.2) is 42.6 Å². The van der Waals surface area contributed by atoms with Crippen LogP contribution in [0.25, 0.3) is 0 Å². The highest BCUT2D eigenvalue weighted by Gasteiger charge is 2.30. The van der Waals surface area contributed by atoms with E-state index in [4.69, 9.17) is 10.5 Å². The number of nitrogens with zero attached hydrogens (tertiary/aromatic N) is 1. The molecule has 1 aliphatic heterocycles. The SMILES string of the molecule is CC1(C)CN(C(=O)c2ccc(C#CCN)s2)CCO1. The average molecular weight is 278 g/mol. The fourth-order valence-corrected chi connectivity index (χ4v) is 2.85. The first-order valence-electron chi connectivity index (χ1n) is 6.24. The van der Waals surface area contributed by atoms with Gasteiger partial charge >= 0.3 is 0 Å². The second-order valence-electron chi connectivity index (χ2n) is 5.00. The van der Waals surface area contributed by atoms with E-state index in [1.54, 1.807) is 0 Å². The van der Waals surface area contributed by atoms with E-state index in [0.717, 1.165) is 9.75 Å². The van der Waals surface area contributed by atoms with Gasteiger partial charge in [-0.15, -0.1) is 11.3 Å². The van der Waals surface area contributed by atoms with Crippen LogP contribution in [0.5, 0.6) is 0 Å². The molecule has 4 nitrogen and oxygen atoms in total. The summed E-state index contributed by atoms with van der Waals surface area (Å²) in [6.07, 6.45) is 0. The molecule has 0 radical (unpaired) electrons. The van der Waals surface area contributed by atoms with E-state index in [1.165, 1.54) is 11.3 Å². The first kappa shape index (κ1) is 14.1. The zero-order valence-corrected chi connectivity index (χ0v) is 12.0. The minimum atomic E-state index is -0.270. The van der Waals surface area contributed by atoms with Crippen LogP contribution in [0.4, 0.5) is 0 Å². The third kappa shape index (κ3) is 3.57. The van der Waals surface area contributed by atoms with Crippen molar-refractivity contribution in [2.75, 3.05) is 26.2 Å². The number of carbonyl (C=O) groups is 1. The van der Waals surface area contributed by atoms with Crippen LogP contribution in [0.1, 0.15) is 28.4 Å². The molecule has 1 aromatic rings. The number of thiophene rings is 1. The van der Waals surface area contributed by atoms with Crippen LogP contribution >= 0.6 is 11.3 Å². The van der Waals surface area contributed by atoms with Crippen LogP contribution < -0.4 is 5.73 Å². The van der Waals surface area contributed by atoms with Gasteiger partial charge in [0.1, 0.15) is 0 Å². The average Bonchev–Trinajstić information content (AvgIpc) is 2.83. The molecular formula is C14H18N2O2S. The highest BCUT2D eigenvalue weighted by Crippen LogP contribution is 2.22. The van der Waals surface area contributed by atoms with Gasteiger partial charge in [0.05, 0.1) is 28.5 Å². The number of rotatable bonds is 1.